The molecule has 0 saturated heterocycles. The molecule has 2 saturated carbocycles. The van der Waals surface area contributed by atoms with E-state index in [1.165, 1.54) is 32.1 Å². The number of amides is 2. The normalized spacial score (nSPS) is 22.9. The van der Waals surface area contributed by atoms with E-state index in [9.17, 15) is 9.59 Å². The van der Waals surface area contributed by atoms with E-state index in [0.717, 1.165) is 11.3 Å². The minimum Gasteiger partial charge on any atom is -0.444 e. The van der Waals surface area contributed by atoms with Crippen molar-refractivity contribution < 1.29 is 14.3 Å². The van der Waals surface area contributed by atoms with Crippen molar-refractivity contribution in [3.63, 3.8) is 0 Å². The molecular formula is C21H32N4O3. The zero-order valence-electron chi connectivity index (χ0n) is 17.5. The lowest BCUT2D eigenvalue weighted by Crippen LogP contribution is -2.46. The van der Waals surface area contributed by atoms with Gasteiger partial charge in [-0.1, -0.05) is 6.42 Å². The van der Waals surface area contributed by atoms with E-state index in [1.54, 1.807) is 4.90 Å². The average Bonchev–Trinajstić information content (AvgIpc) is 2.84. The second kappa shape index (κ2) is 6.78. The molecule has 2 amide bonds. The van der Waals surface area contributed by atoms with Crippen molar-refractivity contribution in [1.82, 2.24) is 14.7 Å². The summed E-state index contributed by atoms with van der Waals surface area (Å²) >= 11 is 0. The smallest absolute Gasteiger partial charge is 0.410 e. The summed E-state index contributed by atoms with van der Waals surface area (Å²) in [5, 5.41) is 7.56. The SMILES string of the molecule is Cn1nc(NC(=O)CC2CCC23CCC3)c2c1CCN(C(=O)OC(C)(C)C)C2. The van der Waals surface area contributed by atoms with Crippen molar-refractivity contribution in [2.24, 2.45) is 18.4 Å². The largest absolute Gasteiger partial charge is 0.444 e. The third kappa shape index (κ3) is 3.51. The minimum atomic E-state index is -0.524. The molecule has 0 bridgehead atoms. The molecule has 1 aliphatic heterocycles. The summed E-state index contributed by atoms with van der Waals surface area (Å²) in [6.45, 7) is 6.61. The Kier molecular flexibility index (Phi) is 4.67. The summed E-state index contributed by atoms with van der Waals surface area (Å²) in [4.78, 5) is 26.8. The van der Waals surface area contributed by atoms with Gasteiger partial charge < -0.3 is 15.0 Å². The van der Waals surface area contributed by atoms with Crippen LogP contribution in [0.1, 0.15) is 70.6 Å². The molecule has 1 aromatic heterocycles. The maximum absolute atomic E-state index is 12.7. The van der Waals surface area contributed by atoms with E-state index < -0.39 is 5.60 Å². The van der Waals surface area contributed by atoms with Gasteiger partial charge in [-0.05, 0) is 57.8 Å². The molecule has 7 nitrogen and oxygen atoms in total. The van der Waals surface area contributed by atoms with Crippen LogP contribution < -0.4 is 5.32 Å². The monoisotopic (exact) mass is 388 g/mol. The predicted molar refractivity (Wildman–Crippen MR) is 106 cm³/mol. The topological polar surface area (TPSA) is 76.5 Å². The van der Waals surface area contributed by atoms with Crippen molar-refractivity contribution in [3.8, 4) is 0 Å². The van der Waals surface area contributed by atoms with E-state index in [2.05, 4.69) is 10.4 Å². The average molecular weight is 389 g/mol. The first-order valence-electron chi connectivity index (χ1n) is 10.5. The van der Waals surface area contributed by atoms with Gasteiger partial charge in [0.25, 0.3) is 0 Å². The standard InChI is InChI=1S/C21H32N4O3/c1-20(2,3)28-19(27)25-11-7-16-15(13-25)18(23-24(16)4)22-17(26)12-14-6-10-21(14)8-5-9-21/h14H,5-13H2,1-4H3,(H,22,23,26). The number of ether oxygens (including phenoxy) is 1. The van der Waals surface area contributed by atoms with E-state index >= 15 is 0 Å². The van der Waals surface area contributed by atoms with Crippen LogP contribution in [0, 0.1) is 11.3 Å². The van der Waals surface area contributed by atoms with Crippen LogP contribution in [0.2, 0.25) is 0 Å². The highest BCUT2D eigenvalue weighted by Gasteiger charge is 2.50. The van der Waals surface area contributed by atoms with Gasteiger partial charge in [-0.25, -0.2) is 4.79 Å². The Hall–Kier alpha value is -2.05. The Bertz CT molecular complexity index is 783. The quantitative estimate of drug-likeness (QED) is 0.858. The summed E-state index contributed by atoms with van der Waals surface area (Å²) in [7, 11) is 1.90. The third-order valence-electron chi connectivity index (χ3n) is 6.79. The molecule has 154 valence electrons. The fraction of sp³-hybridized carbons (Fsp3) is 0.762. The van der Waals surface area contributed by atoms with Gasteiger partial charge in [0.15, 0.2) is 5.82 Å². The minimum absolute atomic E-state index is 0.0475. The number of nitrogens with one attached hydrogen (secondary N) is 1. The molecule has 1 aromatic rings. The van der Waals surface area contributed by atoms with Crippen LogP contribution in [0.15, 0.2) is 0 Å². The van der Waals surface area contributed by atoms with Crippen LogP contribution in [0.4, 0.5) is 10.6 Å². The van der Waals surface area contributed by atoms with Crippen molar-refractivity contribution in [2.45, 2.75) is 77.9 Å². The fourth-order valence-corrected chi connectivity index (χ4v) is 4.95. The van der Waals surface area contributed by atoms with Crippen LogP contribution in [-0.2, 0) is 29.5 Å². The first-order chi connectivity index (χ1) is 13.2. The number of carbonyl (C=O) groups is 2. The van der Waals surface area contributed by atoms with E-state index in [1.807, 2.05) is 32.5 Å². The summed E-state index contributed by atoms with van der Waals surface area (Å²) in [6, 6.07) is 0. The molecule has 7 heteroatoms. The van der Waals surface area contributed by atoms with Crippen LogP contribution in [0.3, 0.4) is 0 Å². The van der Waals surface area contributed by atoms with Gasteiger partial charge in [0.2, 0.25) is 5.91 Å². The zero-order valence-corrected chi connectivity index (χ0v) is 17.5. The van der Waals surface area contributed by atoms with Crippen molar-refractivity contribution in [2.75, 3.05) is 11.9 Å². The van der Waals surface area contributed by atoms with Gasteiger partial charge in [-0.3, -0.25) is 9.48 Å². The van der Waals surface area contributed by atoms with Crippen molar-refractivity contribution in [1.29, 1.82) is 0 Å². The number of fused-ring (bicyclic) bond motifs is 1. The number of nitrogens with zero attached hydrogens (tertiary/aromatic N) is 3. The van der Waals surface area contributed by atoms with Gasteiger partial charge >= 0.3 is 6.09 Å². The Morgan fingerprint density at radius 1 is 1.29 bits per heavy atom. The van der Waals surface area contributed by atoms with Gasteiger partial charge in [0.1, 0.15) is 5.60 Å². The lowest BCUT2D eigenvalue weighted by molar-refractivity contribution is -0.123. The molecule has 1 N–H and O–H groups in total. The lowest BCUT2D eigenvalue weighted by atomic mass is 9.49. The van der Waals surface area contributed by atoms with Gasteiger partial charge in [0, 0.05) is 37.7 Å². The molecular weight excluding hydrogens is 356 g/mol. The Labute approximate surface area is 166 Å². The Morgan fingerprint density at radius 2 is 2.04 bits per heavy atom. The molecule has 2 heterocycles. The maximum atomic E-state index is 12.7. The highest BCUT2D eigenvalue weighted by atomic mass is 16.6. The summed E-state index contributed by atoms with van der Waals surface area (Å²) < 4.78 is 7.34. The van der Waals surface area contributed by atoms with Crippen molar-refractivity contribution in [3.05, 3.63) is 11.3 Å². The number of rotatable bonds is 3. The molecule has 3 aliphatic rings. The van der Waals surface area contributed by atoms with Crippen LogP contribution >= 0.6 is 0 Å². The van der Waals surface area contributed by atoms with Gasteiger partial charge in [-0.15, -0.1) is 0 Å². The second-order valence-electron chi connectivity index (χ2n) is 9.75. The molecule has 28 heavy (non-hydrogen) atoms. The molecule has 1 spiro atoms. The Balaban J connectivity index is 1.42. The van der Waals surface area contributed by atoms with E-state index in [4.69, 9.17) is 4.74 Å². The zero-order chi connectivity index (χ0) is 20.1. The molecule has 0 radical (unpaired) electrons. The highest BCUT2D eigenvalue weighted by molar-refractivity contribution is 5.91. The summed E-state index contributed by atoms with van der Waals surface area (Å²) in [6.07, 6.45) is 7.31. The number of hydrogen-bond acceptors (Lipinski definition) is 4. The molecule has 2 aliphatic carbocycles. The lowest BCUT2D eigenvalue weighted by Gasteiger charge is -2.56. The fourth-order valence-electron chi connectivity index (χ4n) is 4.95. The van der Waals surface area contributed by atoms with Gasteiger partial charge in [0.05, 0.1) is 6.54 Å². The molecule has 1 atom stereocenters. The van der Waals surface area contributed by atoms with Crippen LogP contribution in [0.25, 0.3) is 0 Å². The number of hydrogen-bond donors (Lipinski definition) is 1. The molecule has 0 aromatic carbocycles. The third-order valence-corrected chi connectivity index (χ3v) is 6.79. The summed E-state index contributed by atoms with van der Waals surface area (Å²) in [5.74, 6) is 1.17. The van der Waals surface area contributed by atoms with Crippen molar-refractivity contribution >= 4 is 17.8 Å². The first kappa shape index (κ1) is 19.3. The van der Waals surface area contributed by atoms with E-state index in [0.29, 0.717) is 43.1 Å². The Morgan fingerprint density at radius 3 is 2.61 bits per heavy atom. The summed E-state index contributed by atoms with van der Waals surface area (Å²) in [5.41, 5.74) is 1.95. The van der Waals surface area contributed by atoms with Gasteiger partial charge in [-0.2, -0.15) is 5.10 Å². The number of anilines is 1. The number of carbonyl (C=O) groups excluding carboxylic acids is 2. The van der Waals surface area contributed by atoms with Crippen LogP contribution in [0.5, 0.6) is 0 Å². The van der Waals surface area contributed by atoms with E-state index in [-0.39, 0.29) is 12.0 Å². The number of aryl methyl sites for hydroxylation is 1. The molecule has 2 fully saturated rings. The first-order valence-corrected chi connectivity index (χ1v) is 10.5. The maximum Gasteiger partial charge on any atom is 0.410 e. The second-order valence-corrected chi connectivity index (χ2v) is 9.75. The van der Waals surface area contributed by atoms with Crippen LogP contribution in [-0.4, -0.2) is 38.8 Å². The molecule has 1 unspecified atom stereocenters. The number of aromatic nitrogens is 2. The highest BCUT2D eigenvalue weighted by Crippen LogP contribution is 2.60. The molecule has 4 rings (SSSR count). The predicted octanol–water partition coefficient (Wildman–Crippen LogP) is 3.62.